The molecule has 1 aromatic heterocycles. The number of rotatable bonds is 3. The first-order valence-electron chi connectivity index (χ1n) is 5.87. The zero-order chi connectivity index (χ0) is 14.0. The normalized spacial score (nSPS) is 10.2. The lowest BCUT2D eigenvalue weighted by atomic mass is 10.1. The van der Waals surface area contributed by atoms with E-state index in [2.05, 4.69) is 10.3 Å². The highest BCUT2D eigenvalue weighted by Crippen LogP contribution is 2.22. The highest BCUT2D eigenvalue weighted by atomic mass is 16.1. The lowest BCUT2D eigenvalue weighted by Gasteiger charge is -2.11. The number of carbonyl (C=O) groups excluding carboxylic acids is 1. The molecule has 0 aliphatic heterocycles. The molecule has 5 heteroatoms. The molecule has 0 aliphatic carbocycles. The number of aromatic nitrogens is 1. The molecule has 0 aliphatic rings. The van der Waals surface area contributed by atoms with Crippen molar-refractivity contribution in [1.82, 2.24) is 4.98 Å². The van der Waals surface area contributed by atoms with Crippen LogP contribution in [0.5, 0.6) is 0 Å². The smallest absolute Gasteiger partial charge is 0.250 e. The zero-order valence-electron chi connectivity index (χ0n) is 10.9. The number of aryl methyl sites for hydroxylation is 2. The molecule has 0 unspecified atom stereocenters. The van der Waals surface area contributed by atoms with E-state index in [1.807, 2.05) is 32.0 Å². The lowest BCUT2D eigenvalue weighted by Crippen LogP contribution is -2.14. The molecule has 1 heterocycles. The Kier molecular flexibility index (Phi) is 3.37. The van der Waals surface area contributed by atoms with Gasteiger partial charge in [0.05, 0.1) is 17.4 Å². The Hall–Kier alpha value is -2.56. The minimum absolute atomic E-state index is 0.266. The summed E-state index contributed by atoms with van der Waals surface area (Å²) in [6, 6.07) is 7.62. The third-order valence-corrected chi connectivity index (χ3v) is 2.86. The van der Waals surface area contributed by atoms with Gasteiger partial charge >= 0.3 is 0 Å². The highest BCUT2D eigenvalue weighted by Gasteiger charge is 2.08. The van der Waals surface area contributed by atoms with Crippen LogP contribution < -0.4 is 16.8 Å². The Labute approximate surface area is 111 Å². The topological polar surface area (TPSA) is 94.0 Å². The fourth-order valence-corrected chi connectivity index (χ4v) is 1.76. The van der Waals surface area contributed by atoms with Crippen molar-refractivity contribution in [2.24, 2.45) is 5.73 Å². The van der Waals surface area contributed by atoms with E-state index in [9.17, 15) is 4.79 Å². The van der Waals surface area contributed by atoms with Gasteiger partial charge in [-0.25, -0.2) is 4.98 Å². The molecule has 1 amide bonds. The van der Waals surface area contributed by atoms with Crippen LogP contribution in [0.15, 0.2) is 30.5 Å². The predicted octanol–water partition coefficient (Wildman–Crippen LogP) is 2.12. The first-order chi connectivity index (χ1) is 8.97. The second kappa shape index (κ2) is 4.97. The van der Waals surface area contributed by atoms with E-state index < -0.39 is 5.91 Å². The molecule has 0 saturated heterocycles. The Morgan fingerprint density at radius 3 is 2.68 bits per heavy atom. The first-order valence-corrected chi connectivity index (χ1v) is 5.87. The molecular weight excluding hydrogens is 240 g/mol. The summed E-state index contributed by atoms with van der Waals surface area (Å²) < 4.78 is 0. The van der Waals surface area contributed by atoms with Crippen molar-refractivity contribution in [1.29, 1.82) is 0 Å². The van der Waals surface area contributed by atoms with E-state index in [1.54, 1.807) is 6.07 Å². The number of nitrogen functional groups attached to an aromatic ring is 1. The van der Waals surface area contributed by atoms with Crippen molar-refractivity contribution in [3.63, 3.8) is 0 Å². The molecule has 0 spiro atoms. The lowest BCUT2D eigenvalue weighted by molar-refractivity contribution is 0.100. The number of amides is 1. The van der Waals surface area contributed by atoms with Crippen LogP contribution in [0.1, 0.15) is 21.5 Å². The van der Waals surface area contributed by atoms with Gasteiger partial charge in [-0.05, 0) is 37.1 Å². The second-order valence-electron chi connectivity index (χ2n) is 4.46. The van der Waals surface area contributed by atoms with Gasteiger partial charge in [0.15, 0.2) is 0 Å². The summed E-state index contributed by atoms with van der Waals surface area (Å²) in [5, 5.41) is 3.16. The van der Waals surface area contributed by atoms with E-state index in [4.69, 9.17) is 11.5 Å². The van der Waals surface area contributed by atoms with Gasteiger partial charge in [-0.3, -0.25) is 4.79 Å². The van der Waals surface area contributed by atoms with Crippen LogP contribution in [0, 0.1) is 13.8 Å². The van der Waals surface area contributed by atoms with Crippen LogP contribution >= 0.6 is 0 Å². The Balaban J connectivity index is 2.36. The maximum absolute atomic E-state index is 11.2. The average molecular weight is 256 g/mol. The minimum atomic E-state index is -0.566. The quantitative estimate of drug-likeness (QED) is 0.784. The Morgan fingerprint density at radius 1 is 1.26 bits per heavy atom. The van der Waals surface area contributed by atoms with Gasteiger partial charge in [0.25, 0.3) is 5.91 Å². The van der Waals surface area contributed by atoms with Crippen molar-refractivity contribution in [2.45, 2.75) is 13.8 Å². The molecule has 0 radical (unpaired) electrons. The summed E-state index contributed by atoms with van der Waals surface area (Å²) in [6.07, 6.45) is 1.42. The van der Waals surface area contributed by atoms with Crippen molar-refractivity contribution >= 4 is 23.1 Å². The third-order valence-electron chi connectivity index (χ3n) is 2.86. The van der Waals surface area contributed by atoms with Crippen LogP contribution in [0.2, 0.25) is 0 Å². The van der Waals surface area contributed by atoms with Crippen LogP contribution in [0.25, 0.3) is 0 Å². The first kappa shape index (κ1) is 12.9. The number of hydrogen-bond donors (Lipinski definition) is 3. The zero-order valence-corrected chi connectivity index (χ0v) is 10.9. The summed E-state index contributed by atoms with van der Waals surface area (Å²) >= 11 is 0. The fourth-order valence-electron chi connectivity index (χ4n) is 1.76. The van der Waals surface area contributed by atoms with E-state index in [-0.39, 0.29) is 11.3 Å². The van der Waals surface area contributed by atoms with Gasteiger partial charge in [-0.1, -0.05) is 12.1 Å². The highest BCUT2D eigenvalue weighted by molar-refractivity contribution is 5.98. The largest absolute Gasteiger partial charge is 0.397 e. The van der Waals surface area contributed by atoms with Crippen molar-refractivity contribution in [2.75, 3.05) is 11.1 Å². The number of anilines is 3. The van der Waals surface area contributed by atoms with E-state index in [1.165, 1.54) is 6.20 Å². The van der Waals surface area contributed by atoms with Gasteiger partial charge in [-0.2, -0.15) is 0 Å². The maximum atomic E-state index is 11.2. The molecule has 98 valence electrons. The van der Waals surface area contributed by atoms with Gasteiger partial charge in [0.1, 0.15) is 5.82 Å². The third kappa shape index (κ3) is 2.82. The molecule has 1 aromatic carbocycles. The fraction of sp³-hybridized carbons (Fsp3) is 0.143. The molecule has 0 saturated carbocycles. The number of carbonyl (C=O) groups is 1. The van der Waals surface area contributed by atoms with Crippen molar-refractivity contribution < 1.29 is 4.79 Å². The van der Waals surface area contributed by atoms with Gasteiger partial charge in [0.2, 0.25) is 0 Å². The van der Waals surface area contributed by atoms with Gasteiger partial charge < -0.3 is 16.8 Å². The Bertz CT molecular complexity index is 637. The molecule has 2 rings (SSSR count). The summed E-state index contributed by atoms with van der Waals surface area (Å²) in [5.41, 5.74) is 14.6. The number of nitrogens with zero attached hydrogens (tertiary/aromatic N) is 1. The molecule has 5 N–H and O–H groups in total. The second-order valence-corrected chi connectivity index (χ2v) is 4.46. The SMILES string of the molecule is Cc1ccc(C)c(Nc2cc(C(N)=O)c(N)cn2)c1. The summed E-state index contributed by atoms with van der Waals surface area (Å²) in [7, 11) is 0. The predicted molar refractivity (Wildman–Crippen MR) is 76.4 cm³/mol. The summed E-state index contributed by atoms with van der Waals surface area (Å²) in [4.78, 5) is 15.4. The number of nitrogens with one attached hydrogen (secondary N) is 1. The maximum Gasteiger partial charge on any atom is 0.250 e. The average Bonchev–Trinajstić information content (AvgIpc) is 2.36. The van der Waals surface area contributed by atoms with E-state index in [0.717, 1.165) is 16.8 Å². The molecule has 5 nitrogen and oxygen atoms in total. The van der Waals surface area contributed by atoms with Crippen molar-refractivity contribution in [3.05, 3.63) is 47.2 Å². The standard InChI is InChI=1S/C14H16N4O/c1-8-3-4-9(2)12(5-8)18-13-6-10(14(16)19)11(15)7-17-13/h3-7H,15H2,1-2H3,(H2,16,19)(H,17,18). The number of pyridine rings is 1. The Morgan fingerprint density at radius 2 is 2.00 bits per heavy atom. The van der Waals surface area contributed by atoms with Crippen LogP contribution in [0.3, 0.4) is 0 Å². The van der Waals surface area contributed by atoms with Crippen LogP contribution in [-0.2, 0) is 0 Å². The molecule has 0 fully saturated rings. The monoisotopic (exact) mass is 256 g/mol. The minimum Gasteiger partial charge on any atom is -0.397 e. The summed E-state index contributed by atoms with van der Waals surface area (Å²) in [6.45, 7) is 4.00. The number of hydrogen-bond acceptors (Lipinski definition) is 4. The van der Waals surface area contributed by atoms with Gasteiger partial charge in [-0.15, -0.1) is 0 Å². The molecular formula is C14H16N4O. The number of nitrogens with two attached hydrogens (primary N) is 2. The molecule has 19 heavy (non-hydrogen) atoms. The molecule has 2 aromatic rings. The summed E-state index contributed by atoms with van der Waals surface area (Å²) in [5.74, 6) is -0.0272. The van der Waals surface area contributed by atoms with E-state index in [0.29, 0.717) is 5.82 Å². The van der Waals surface area contributed by atoms with E-state index >= 15 is 0 Å². The van der Waals surface area contributed by atoms with Gasteiger partial charge in [0, 0.05) is 5.69 Å². The number of primary amides is 1. The molecule has 0 atom stereocenters. The van der Waals surface area contributed by atoms with Crippen LogP contribution in [-0.4, -0.2) is 10.9 Å². The molecule has 0 bridgehead atoms. The number of benzene rings is 1. The van der Waals surface area contributed by atoms with Crippen molar-refractivity contribution in [3.8, 4) is 0 Å². The van der Waals surface area contributed by atoms with Crippen LogP contribution in [0.4, 0.5) is 17.2 Å².